The first-order valence-corrected chi connectivity index (χ1v) is 7.86. The SMILES string of the molecule is OC(c1cccnc1)c1cc2ccccc2nc1-c1ccccc1. The fourth-order valence-electron chi connectivity index (χ4n) is 2.89. The van der Waals surface area contributed by atoms with Crippen LogP contribution in [0.5, 0.6) is 0 Å². The second-order valence-electron chi connectivity index (χ2n) is 5.67. The Balaban J connectivity index is 1.95. The van der Waals surface area contributed by atoms with E-state index in [4.69, 9.17) is 4.98 Å². The molecule has 0 bridgehead atoms. The first-order chi connectivity index (χ1) is 11.8. The third-order valence-electron chi connectivity index (χ3n) is 4.10. The second-order valence-corrected chi connectivity index (χ2v) is 5.67. The molecule has 4 rings (SSSR count). The molecule has 0 spiro atoms. The molecule has 116 valence electrons. The Kier molecular flexibility index (Phi) is 3.77. The molecule has 2 aromatic heterocycles. The summed E-state index contributed by atoms with van der Waals surface area (Å²) in [4.78, 5) is 8.93. The lowest BCUT2D eigenvalue weighted by Crippen LogP contribution is -2.04. The van der Waals surface area contributed by atoms with E-state index in [1.807, 2.05) is 72.8 Å². The van der Waals surface area contributed by atoms with Crippen LogP contribution in [0.25, 0.3) is 22.2 Å². The first-order valence-electron chi connectivity index (χ1n) is 7.86. The van der Waals surface area contributed by atoms with Crippen LogP contribution in [0.3, 0.4) is 0 Å². The lowest BCUT2D eigenvalue weighted by molar-refractivity contribution is 0.220. The summed E-state index contributed by atoms with van der Waals surface area (Å²) in [5, 5.41) is 11.9. The summed E-state index contributed by atoms with van der Waals surface area (Å²) in [5.41, 5.74) is 4.24. The maximum Gasteiger partial charge on any atom is 0.108 e. The molecule has 2 aromatic carbocycles. The summed E-state index contributed by atoms with van der Waals surface area (Å²) in [6.07, 6.45) is 2.62. The number of aliphatic hydroxyl groups excluding tert-OH is 1. The normalized spacial score (nSPS) is 12.2. The monoisotopic (exact) mass is 312 g/mol. The highest BCUT2D eigenvalue weighted by atomic mass is 16.3. The minimum Gasteiger partial charge on any atom is -0.384 e. The summed E-state index contributed by atoms with van der Waals surface area (Å²) < 4.78 is 0. The van der Waals surface area contributed by atoms with Crippen LogP contribution in [0.1, 0.15) is 17.2 Å². The lowest BCUT2D eigenvalue weighted by Gasteiger charge is -2.16. The summed E-state index contributed by atoms with van der Waals surface area (Å²) in [7, 11) is 0. The molecular weight excluding hydrogens is 296 g/mol. The predicted octanol–water partition coefficient (Wildman–Crippen LogP) is 4.38. The van der Waals surface area contributed by atoms with Crippen molar-refractivity contribution in [1.29, 1.82) is 0 Å². The Morgan fingerprint density at radius 2 is 1.62 bits per heavy atom. The number of hydrogen-bond acceptors (Lipinski definition) is 3. The van der Waals surface area contributed by atoms with Gasteiger partial charge in [-0.15, -0.1) is 0 Å². The maximum absolute atomic E-state index is 10.9. The number of aromatic nitrogens is 2. The fourth-order valence-corrected chi connectivity index (χ4v) is 2.89. The zero-order valence-corrected chi connectivity index (χ0v) is 13.0. The second kappa shape index (κ2) is 6.22. The van der Waals surface area contributed by atoms with Crippen molar-refractivity contribution < 1.29 is 5.11 Å². The number of rotatable bonds is 3. The molecule has 0 saturated carbocycles. The molecule has 0 saturated heterocycles. The third kappa shape index (κ3) is 2.66. The van der Waals surface area contributed by atoms with Crippen LogP contribution in [0.15, 0.2) is 85.2 Å². The number of pyridine rings is 2. The average Bonchev–Trinajstić information content (AvgIpc) is 2.68. The van der Waals surface area contributed by atoms with E-state index < -0.39 is 6.10 Å². The summed E-state index contributed by atoms with van der Waals surface area (Å²) in [6.45, 7) is 0. The number of nitrogens with zero attached hydrogens (tertiary/aromatic N) is 2. The van der Waals surface area contributed by atoms with Crippen LogP contribution in [0.4, 0.5) is 0 Å². The van der Waals surface area contributed by atoms with E-state index in [1.54, 1.807) is 12.4 Å². The number of aliphatic hydroxyl groups is 1. The van der Waals surface area contributed by atoms with Crippen molar-refractivity contribution in [3.8, 4) is 11.3 Å². The van der Waals surface area contributed by atoms with E-state index in [9.17, 15) is 5.11 Å². The highest BCUT2D eigenvalue weighted by Crippen LogP contribution is 2.32. The third-order valence-corrected chi connectivity index (χ3v) is 4.10. The molecule has 3 nitrogen and oxygen atoms in total. The van der Waals surface area contributed by atoms with Crippen molar-refractivity contribution in [3.05, 3.63) is 96.3 Å². The van der Waals surface area contributed by atoms with E-state index in [0.29, 0.717) is 0 Å². The van der Waals surface area contributed by atoms with Gasteiger partial charge in [0.2, 0.25) is 0 Å². The predicted molar refractivity (Wildman–Crippen MR) is 95.5 cm³/mol. The van der Waals surface area contributed by atoms with Crippen molar-refractivity contribution in [2.75, 3.05) is 0 Å². The molecule has 4 aromatic rings. The van der Waals surface area contributed by atoms with Gasteiger partial charge in [0.15, 0.2) is 0 Å². The number of hydrogen-bond donors (Lipinski definition) is 1. The van der Waals surface area contributed by atoms with Crippen LogP contribution in [-0.4, -0.2) is 15.1 Å². The molecule has 0 amide bonds. The van der Waals surface area contributed by atoms with Crippen molar-refractivity contribution in [3.63, 3.8) is 0 Å². The number of para-hydroxylation sites is 1. The zero-order chi connectivity index (χ0) is 16.4. The first kappa shape index (κ1) is 14.5. The summed E-state index contributed by atoms with van der Waals surface area (Å²) in [5.74, 6) is 0. The van der Waals surface area contributed by atoms with Gasteiger partial charge in [0.1, 0.15) is 6.10 Å². The fraction of sp³-hybridized carbons (Fsp3) is 0.0476. The topological polar surface area (TPSA) is 46.0 Å². The van der Waals surface area contributed by atoms with Crippen molar-refractivity contribution in [2.24, 2.45) is 0 Å². The van der Waals surface area contributed by atoms with Gasteiger partial charge in [-0.3, -0.25) is 4.98 Å². The minimum atomic E-state index is -0.772. The van der Waals surface area contributed by atoms with E-state index in [-0.39, 0.29) is 0 Å². The van der Waals surface area contributed by atoms with E-state index in [0.717, 1.165) is 33.3 Å². The van der Waals surface area contributed by atoms with Crippen LogP contribution in [0.2, 0.25) is 0 Å². The standard InChI is InChI=1S/C21H16N2O/c24-21(17-10-6-12-22-14-17)18-13-16-9-4-5-11-19(16)23-20(18)15-7-2-1-3-8-15/h1-14,21,24H. The quantitative estimate of drug-likeness (QED) is 0.610. The summed E-state index contributed by atoms with van der Waals surface area (Å²) >= 11 is 0. The average molecular weight is 312 g/mol. The molecule has 0 radical (unpaired) electrons. The number of benzene rings is 2. The van der Waals surface area contributed by atoms with Gasteiger partial charge >= 0.3 is 0 Å². The van der Waals surface area contributed by atoms with Gasteiger partial charge in [0.25, 0.3) is 0 Å². The molecule has 24 heavy (non-hydrogen) atoms. The maximum atomic E-state index is 10.9. The molecule has 3 heteroatoms. The Hall–Kier alpha value is -3.04. The lowest BCUT2D eigenvalue weighted by atomic mass is 9.96. The van der Waals surface area contributed by atoms with Crippen molar-refractivity contribution in [2.45, 2.75) is 6.10 Å². The van der Waals surface area contributed by atoms with Crippen LogP contribution < -0.4 is 0 Å². The Bertz CT molecular complexity index is 969. The highest BCUT2D eigenvalue weighted by Gasteiger charge is 2.18. The summed E-state index contributed by atoms with van der Waals surface area (Å²) in [6, 6.07) is 23.6. The van der Waals surface area contributed by atoms with Crippen LogP contribution in [-0.2, 0) is 0 Å². The van der Waals surface area contributed by atoms with Gasteiger partial charge in [0, 0.05) is 34.5 Å². The van der Waals surface area contributed by atoms with Crippen molar-refractivity contribution >= 4 is 10.9 Å². The highest BCUT2D eigenvalue weighted by molar-refractivity contribution is 5.83. The van der Waals surface area contributed by atoms with Gasteiger partial charge < -0.3 is 5.11 Å². The van der Waals surface area contributed by atoms with Gasteiger partial charge in [-0.1, -0.05) is 54.6 Å². The smallest absolute Gasteiger partial charge is 0.108 e. The van der Waals surface area contributed by atoms with Gasteiger partial charge in [-0.25, -0.2) is 4.98 Å². The molecule has 0 aliphatic rings. The Morgan fingerprint density at radius 3 is 2.42 bits per heavy atom. The molecule has 0 aliphatic carbocycles. The van der Waals surface area contributed by atoms with Gasteiger partial charge in [-0.2, -0.15) is 0 Å². The largest absolute Gasteiger partial charge is 0.384 e. The molecule has 1 unspecified atom stereocenters. The molecule has 0 aliphatic heterocycles. The minimum absolute atomic E-state index is 0.756. The van der Waals surface area contributed by atoms with Gasteiger partial charge in [0.05, 0.1) is 11.2 Å². The molecule has 0 fully saturated rings. The van der Waals surface area contributed by atoms with Crippen molar-refractivity contribution in [1.82, 2.24) is 9.97 Å². The van der Waals surface area contributed by atoms with Gasteiger partial charge in [-0.05, 0) is 18.2 Å². The van der Waals surface area contributed by atoms with E-state index in [1.165, 1.54) is 0 Å². The Morgan fingerprint density at radius 1 is 0.833 bits per heavy atom. The molecule has 2 heterocycles. The molecule has 1 atom stereocenters. The van der Waals surface area contributed by atoms with E-state index >= 15 is 0 Å². The van der Waals surface area contributed by atoms with E-state index in [2.05, 4.69) is 4.98 Å². The number of fused-ring (bicyclic) bond motifs is 1. The van der Waals surface area contributed by atoms with Crippen LogP contribution >= 0.6 is 0 Å². The zero-order valence-electron chi connectivity index (χ0n) is 13.0. The molecule has 1 N–H and O–H groups in total. The van der Waals surface area contributed by atoms with Crippen LogP contribution in [0, 0.1) is 0 Å². The molecular formula is C21H16N2O. The Labute approximate surface area is 140 Å².